The highest BCUT2D eigenvalue weighted by molar-refractivity contribution is 6.17. The molecule has 1 aliphatic heterocycles. The lowest BCUT2D eigenvalue weighted by Gasteiger charge is -2.39. The molecule has 4 N–H and O–H groups in total. The van der Waals surface area contributed by atoms with Gasteiger partial charge in [0.05, 0.1) is 11.4 Å². The molecule has 3 amide bonds. The quantitative estimate of drug-likeness (QED) is 0.623. The zero-order valence-corrected chi connectivity index (χ0v) is 19.5. The Balaban J connectivity index is 1.67. The highest BCUT2D eigenvalue weighted by Gasteiger charge is 2.40. The van der Waals surface area contributed by atoms with E-state index in [2.05, 4.69) is 10.6 Å². The van der Waals surface area contributed by atoms with E-state index in [4.69, 9.17) is 5.73 Å². The summed E-state index contributed by atoms with van der Waals surface area (Å²) in [7, 11) is 0. The SMILES string of the molecule is CCC(C)C1C(=O)Nc2cc(C(=O)NC3CCCCC3N)ccc2N1C(=O)c1ccc(F)cc1. The van der Waals surface area contributed by atoms with Crippen LogP contribution < -0.4 is 21.3 Å². The Morgan fingerprint density at radius 2 is 1.82 bits per heavy atom. The van der Waals surface area contributed by atoms with Crippen molar-refractivity contribution in [2.75, 3.05) is 10.2 Å². The van der Waals surface area contributed by atoms with Crippen LogP contribution in [-0.2, 0) is 4.79 Å². The van der Waals surface area contributed by atoms with Crippen molar-refractivity contribution < 1.29 is 18.8 Å². The van der Waals surface area contributed by atoms with Crippen LogP contribution in [0.25, 0.3) is 0 Å². The first kappa shape index (κ1) is 23.9. The molecular weight excluding hydrogens is 435 g/mol. The van der Waals surface area contributed by atoms with Crippen LogP contribution >= 0.6 is 0 Å². The molecule has 0 spiro atoms. The third-order valence-corrected chi connectivity index (χ3v) is 6.95. The van der Waals surface area contributed by atoms with Crippen molar-refractivity contribution in [3.63, 3.8) is 0 Å². The summed E-state index contributed by atoms with van der Waals surface area (Å²) in [6, 6.07) is 9.30. The standard InChI is InChI=1S/C26H31FN4O3/c1-3-15(2)23-25(33)30-21-14-17(24(32)29-20-7-5-4-6-19(20)28)10-13-22(21)31(23)26(34)16-8-11-18(27)12-9-16/h8-15,19-20,23H,3-7,28H2,1-2H3,(H,29,32)(H,30,33). The van der Waals surface area contributed by atoms with Crippen molar-refractivity contribution in [2.45, 2.75) is 64.1 Å². The number of nitrogens with one attached hydrogen (secondary N) is 2. The van der Waals surface area contributed by atoms with Crippen LogP contribution in [0.5, 0.6) is 0 Å². The van der Waals surface area contributed by atoms with Gasteiger partial charge in [-0.15, -0.1) is 0 Å². The third kappa shape index (κ3) is 4.68. The lowest BCUT2D eigenvalue weighted by molar-refractivity contribution is -0.118. The largest absolute Gasteiger partial charge is 0.348 e. The third-order valence-electron chi connectivity index (χ3n) is 6.95. The second kappa shape index (κ2) is 9.93. The van der Waals surface area contributed by atoms with E-state index in [-0.39, 0.29) is 35.4 Å². The Kier molecular flexibility index (Phi) is 6.97. The van der Waals surface area contributed by atoms with Gasteiger partial charge in [0.15, 0.2) is 0 Å². The summed E-state index contributed by atoms with van der Waals surface area (Å²) in [6.45, 7) is 3.87. The fraction of sp³-hybridized carbons (Fsp3) is 0.423. The summed E-state index contributed by atoms with van der Waals surface area (Å²) in [5.41, 5.74) is 7.73. The number of carbonyl (C=O) groups excluding carboxylic acids is 3. The average Bonchev–Trinajstić information content (AvgIpc) is 2.83. The normalized spacial score (nSPS) is 23.0. The van der Waals surface area contributed by atoms with Crippen LogP contribution in [0.15, 0.2) is 42.5 Å². The predicted molar refractivity (Wildman–Crippen MR) is 129 cm³/mol. The molecule has 2 aromatic carbocycles. The Labute approximate surface area is 198 Å². The summed E-state index contributed by atoms with van der Waals surface area (Å²) in [6.07, 6.45) is 4.49. The van der Waals surface area contributed by atoms with Gasteiger partial charge >= 0.3 is 0 Å². The van der Waals surface area contributed by atoms with E-state index < -0.39 is 17.8 Å². The van der Waals surface area contributed by atoms with Crippen LogP contribution in [-0.4, -0.2) is 35.8 Å². The molecule has 1 heterocycles. The van der Waals surface area contributed by atoms with Gasteiger partial charge in [-0.1, -0.05) is 33.1 Å². The molecule has 4 rings (SSSR count). The number of halogens is 1. The van der Waals surface area contributed by atoms with Gasteiger partial charge < -0.3 is 16.4 Å². The van der Waals surface area contributed by atoms with E-state index in [0.29, 0.717) is 23.4 Å². The van der Waals surface area contributed by atoms with Crippen LogP contribution in [0, 0.1) is 11.7 Å². The van der Waals surface area contributed by atoms with Gasteiger partial charge in [-0.25, -0.2) is 4.39 Å². The fourth-order valence-corrected chi connectivity index (χ4v) is 4.76. The molecule has 7 nitrogen and oxygen atoms in total. The maximum Gasteiger partial charge on any atom is 0.259 e. The monoisotopic (exact) mass is 466 g/mol. The summed E-state index contributed by atoms with van der Waals surface area (Å²) in [5, 5.41) is 5.89. The molecule has 34 heavy (non-hydrogen) atoms. The molecule has 2 aliphatic rings. The predicted octanol–water partition coefficient (Wildman–Crippen LogP) is 3.84. The Morgan fingerprint density at radius 3 is 2.50 bits per heavy atom. The maximum absolute atomic E-state index is 13.5. The smallest absolute Gasteiger partial charge is 0.259 e. The van der Waals surface area contributed by atoms with E-state index in [1.165, 1.54) is 29.2 Å². The molecule has 0 saturated heterocycles. The topological polar surface area (TPSA) is 105 Å². The first-order chi connectivity index (χ1) is 16.3. The molecule has 1 saturated carbocycles. The van der Waals surface area contributed by atoms with Crippen LogP contribution in [0.2, 0.25) is 0 Å². The lowest BCUT2D eigenvalue weighted by atomic mass is 9.90. The summed E-state index contributed by atoms with van der Waals surface area (Å²) in [4.78, 5) is 41.0. The van der Waals surface area contributed by atoms with Crippen molar-refractivity contribution >= 4 is 29.1 Å². The van der Waals surface area contributed by atoms with E-state index in [1.807, 2.05) is 13.8 Å². The lowest BCUT2D eigenvalue weighted by Crippen LogP contribution is -2.54. The minimum absolute atomic E-state index is 0.0739. The Hall–Kier alpha value is -3.26. The van der Waals surface area contributed by atoms with Crippen LogP contribution in [0.3, 0.4) is 0 Å². The van der Waals surface area contributed by atoms with Gasteiger partial charge in [-0.2, -0.15) is 0 Å². The molecule has 0 bridgehead atoms. The number of benzene rings is 2. The van der Waals surface area contributed by atoms with E-state index in [9.17, 15) is 18.8 Å². The maximum atomic E-state index is 13.5. The molecule has 180 valence electrons. The zero-order valence-electron chi connectivity index (χ0n) is 19.5. The number of nitrogens with zero attached hydrogens (tertiary/aromatic N) is 1. The molecule has 1 aliphatic carbocycles. The Morgan fingerprint density at radius 1 is 1.15 bits per heavy atom. The molecular formula is C26H31FN4O3. The number of nitrogens with two attached hydrogens (primary N) is 1. The van der Waals surface area contributed by atoms with Gasteiger partial charge in [-0.3, -0.25) is 19.3 Å². The number of rotatable bonds is 5. The second-order valence-corrected chi connectivity index (χ2v) is 9.26. The molecule has 1 fully saturated rings. The van der Waals surface area contributed by atoms with E-state index in [0.717, 1.165) is 25.7 Å². The molecule has 0 radical (unpaired) electrons. The number of hydrogen-bond acceptors (Lipinski definition) is 4. The first-order valence-electron chi connectivity index (χ1n) is 11.9. The number of amides is 3. The number of hydrogen-bond donors (Lipinski definition) is 3. The van der Waals surface area contributed by atoms with Gasteiger partial charge in [0, 0.05) is 23.2 Å². The summed E-state index contributed by atoms with van der Waals surface area (Å²) in [5.74, 6) is -1.54. The van der Waals surface area contributed by atoms with E-state index in [1.54, 1.807) is 18.2 Å². The molecule has 4 atom stereocenters. The van der Waals surface area contributed by atoms with Crippen molar-refractivity contribution in [1.29, 1.82) is 0 Å². The van der Waals surface area contributed by atoms with Gasteiger partial charge in [-0.05, 0) is 61.2 Å². The summed E-state index contributed by atoms with van der Waals surface area (Å²) >= 11 is 0. The minimum Gasteiger partial charge on any atom is -0.348 e. The molecule has 4 unspecified atom stereocenters. The summed E-state index contributed by atoms with van der Waals surface area (Å²) < 4.78 is 13.4. The minimum atomic E-state index is -0.727. The number of anilines is 2. The van der Waals surface area contributed by atoms with Crippen molar-refractivity contribution in [3.05, 3.63) is 59.4 Å². The molecule has 8 heteroatoms. The van der Waals surface area contributed by atoms with Crippen LogP contribution in [0.4, 0.5) is 15.8 Å². The Bertz CT molecular complexity index is 1090. The molecule has 2 aromatic rings. The number of fused-ring (bicyclic) bond motifs is 1. The molecule has 0 aromatic heterocycles. The van der Waals surface area contributed by atoms with Gasteiger partial charge in [0.2, 0.25) is 5.91 Å². The fourth-order valence-electron chi connectivity index (χ4n) is 4.76. The zero-order chi connectivity index (χ0) is 24.4. The van der Waals surface area contributed by atoms with Crippen molar-refractivity contribution in [3.8, 4) is 0 Å². The van der Waals surface area contributed by atoms with Crippen molar-refractivity contribution in [2.24, 2.45) is 11.7 Å². The second-order valence-electron chi connectivity index (χ2n) is 9.26. The van der Waals surface area contributed by atoms with E-state index >= 15 is 0 Å². The first-order valence-corrected chi connectivity index (χ1v) is 11.9. The highest BCUT2D eigenvalue weighted by atomic mass is 19.1. The highest BCUT2D eigenvalue weighted by Crippen LogP contribution is 2.37. The number of carbonyl (C=O) groups is 3. The van der Waals surface area contributed by atoms with Crippen molar-refractivity contribution in [1.82, 2.24) is 5.32 Å². The van der Waals surface area contributed by atoms with Crippen LogP contribution in [0.1, 0.15) is 66.7 Å². The van der Waals surface area contributed by atoms with Gasteiger partial charge in [0.25, 0.3) is 11.8 Å². The van der Waals surface area contributed by atoms with Gasteiger partial charge in [0.1, 0.15) is 11.9 Å². The average molecular weight is 467 g/mol.